The van der Waals surface area contributed by atoms with Gasteiger partial charge in [-0.25, -0.2) is 0 Å². The summed E-state index contributed by atoms with van der Waals surface area (Å²) in [4.78, 5) is 36.6. The second-order valence-corrected chi connectivity index (χ2v) is 6.26. The van der Waals surface area contributed by atoms with Crippen LogP contribution in [-0.4, -0.2) is 62.8 Å². The third-order valence-corrected chi connectivity index (χ3v) is 4.15. The molecule has 0 radical (unpaired) electrons. The number of hydrogen-bond donors (Lipinski definition) is 3. The summed E-state index contributed by atoms with van der Waals surface area (Å²) in [5.41, 5.74) is 0.931. The minimum atomic E-state index is -0.729. The summed E-state index contributed by atoms with van der Waals surface area (Å²) >= 11 is 0. The Balaban J connectivity index is 1.94. The standard InChI is InChI=1S/C19H27N3O5/c1-3-27-19(25)16-15(22-16)18(24)21-14(12-13-8-5-4-6-9-13)17(23)20-10-7-11-26-2/h4-6,8-9,14-16,22H,3,7,10-12H2,1-2H3,(H,20,23)(H,21,24)/t14?,15-,16+/m0/s1. The molecule has 0 spiro atoms. The van der Waals surface area contributed by atoms with Gasteiger partial charge in [0.15, 0.2) is 0 Å². The molecule has 1 aliphatic rings. The Morgan fingerprint density at radius 1 is 1.19 bits per heavy atom. The fourth-order valence-corrected chi connectivity index (χ4v) is 2.67. The molecule has 1 heterocycles. The minimum Gasteiger partial charge on any atom is -0.465 e. The molecule has 3 atom stereocenters. The Labute approximate surface area is 159 Å². The summed E-state index contributed by atoms with van der Waals surface area (Å²) in [6.07, 6.45) is 1.04. The summed E-state index contributed by atoms with van der Waals surface area (Å²) in [6.45, 7) is 2.97. The third-order valence-electron chi connectivity index (χ3n) is 4.15. The van der Waals surface area contributed by atoms with Gasteiger partial charge in [-0.2, -0.15) is 0 Å². The molecule has 1 aromatic rings. The van der Waals surface area contributed by atoms with Gasteiger partial charge in [-0.1, -0.05) is 30.3 Å². The molecule has 1 fully saturated rings. The van der Waals surface area contributed by atoms with Gasteiger partial charge in [0.05, 0.1) is 6.61 Å². The van der Waals surface area contributed by atoms with Crippen LogP contribution in [-0.2, 0) is 30.3 Å². The number of amides is 2. The van der Waals surface area contributed by atoms with Gasteiger partial charge < -0.3 is 20.1 Å². The number of carbonyl (C=O) groups excluding carboxylic acids is 3. The van der Waals surface area contributed by atoms with E-state index in [4.69, 9.17) is 9.47 Å². The van der Waals surface area contributed by atoms with Crippen LogP contribution >= 0.6 is 0 Å². The van der Waals surface area contributed by atoms with Crippen molar-refractivity contribution in [2.75, 3.05) is 26.9 Å². The van der Waals surface area contributed by atoms with Crippen LogP contribution in [0, 0.1) is 0 Å². The molecule has 8 nitrogen and oxygen atoms in total. The molecule has 2 rings (SSSR count). The van der Waals surface area contributed by atoms with E-state index in [0.29, 0.717) is 26.0 Å². The van der Waals surface area contributed by atoms with E-state index in [2.05, 4.69) is 16.0 Å². The molecule has 0 saturated carbocycles. The van der Waals surface area contributed by atoms with Gasteiger partial charge in [0.25, 0.3) is 0 Å². The number of hydrogen-bond acceptors (Lipinski definition) is 6. The molecule has 0 aromatic heterocycles. The molecule has 1 unspecified atom stereocenters. The molecule has 148 valence electrons. The minimum absolute atomic E-state index is 0.256. The Bertz CT molecular complexity index is 637. The SMILES string of the molecule is CCOC(=O)[C@@H]1N[C@@H]1C(=O)NC(Cc1ccccc1)C(=O)NCCCOC. The largest absolute Gasteiger partial charge is 0.465 e. The number of ether oxygens (including phenoxy) is 2. The lowest BCUT2D eigenvalue weighted by atomic mass is 10.0. The fourth-order valence-electron chi connectivity index (χ4n) is 2.67. The van der Waals surface area contributed by atoms with Gasteiger partial charge in [-0.05, 0) is 18.9 Å². The summed E-state index contributed by atoms with van der Waals surface area (Å²) < 4.78 is 9.86. The van der Waals surface area contributed by atoms with Crippen molar-refractivity contribution in [3.8, 4) is 0 Å². The zero-order valence-electron chi connectivity index (χ0n) is 15.7. The number of esters is 1. The molecule has 8 heteroatoms. The van der Waals surface area contributed by atoms with E-state index in [1.54, 1.807) is 14.0 Å². The molecule has 2 amide bonds. The lowest BCUT2D eigenvalue weighted by Gasteiger charge is -2.18. The Kier molecular flexibility index (Phi) is 8.22. The topological polar surface area (TPSA) is 116 Å². The smallest absolute Gasteiger partial charge is 0.325 e. The summed E-state index contributed by atoms with van der Waals surface area (Å²) in [5, 5.41) is 8.34. The predicted molar refractivity (Wildman–Crippen MR) is 98.9 cm³/mol. The van der Waals surface area contributed by atoms with E-state index < -0.39 is 24.1 Å². The molecular formula is C19H27N3O5. The predicted octanol–water partition coefficient (Wildman–Crippen LogP) is -0.230. The summed E-state index contributed by atoms with van der Waals surface area (Å²) in [7, 11) is 1.60. The zero-order valence-corrected chi connectivity index (χ0v) is 15.7. The fraction of sp³-hybridized carbons (Fsp3) is 0.526. The first-order valence-corrected chi connectivity index (χ1v) is 9.10. The third kappa shape index (κ3) is 6.65. The molecule has 1 saturated heterocycles. The Morgan fingerprint density at radius 3 is 2.59 bits per heavy atom. The average Bonchev–Trinajstić information content (AvgIpc) is 3.47. The van der Waals surface area contributed by atoms with E-state index in [-0.39, 0.29) is 18.4 Å². The highest BCUT2D eigenvalue weighted by molar-refractivity contribution is 5.97. The summed E-state index contributed by atoms with van der Waals surface area (Å²) in [6, 6.07) is 7.40. The highest BCUT2D eigenvalue weighted by atomic mass is 16.5. The van der Waals surface area contributed by atoms with Crippen LogP contribution in [0.3, 0.4) is 0 Å². The summed E-state index contributed by atoms with van der Waals surface area (Å²) in [5.74, 6) is -1.11. The maximum absolute atomic E-state index is 12.5. The molecule has 1 aromatic carbocycles. The van der Waals surface area contributed by atoms with E-state index in [1.165, 1.54) is 0 Å². The van der Waals surface area contributed by atoms with Crippen LogP contribution in [0.2, 0.25) is 0 Å². The van der Waals surface area contributed by atoms with Crippen LogP contribution in [0.25, 0.3) is 0 Å². The molecule has 3 N–H and O–H groups in total. The number of carbonyl (C=O) groups is 3. The normalized spacial score (nSPS) is 19.0. The quantitative estimate of drug-likeness (QED) is 0.279. The van der Waals surface area contributed by atoms with Crippen LogP contribution in [0.15, 0.2) is 30.3 Å². The highest BCUT2D eigenvalue weighted by Gasteiger charge is 2.49. The van der Waals surface area contributed by atoms with Crippen molar-refractivity contribution >= 4 is 17.8 Å². The van der Waals surface area contributed by atoms with Gasteiger partial charge in [0.2, 0.25) is 11.8 Å². The first kappa shape index (κ1) is 20.9. The molecule has 0 aliphatic carbocycles. The number of benzene rings is 1. The van der Waals surface area contributed by atoms with Crippen molar-refractivity contribution < 1.29 is 23.9 Å². The second-order valence-electron chi connectivity index (χ2n) is 6.26. The average molecular weight is 377 g/mol. The van der Waals surface area contributed by atoms with E-state index in [9.17, 15) is 14.4 Å². The van der Waals surface area contributed by atoms with Crippen molar-refractivity contribution in [3.63, 3.8) is 0 Å². The van der Waals surface area contributed by atoms with E-state index in [0.717, 1.165) is 5.56 Å². The van der Waals surface area contributed by atoms with Crippen LogP contribution in [0.5, 0.6) is 0 Å². The van der Waals surface area contributed by atoms with Crippen LogP contribution < -0.4 is 16.0 Å². The van der Waals surface area contributed by atoms with Crippen LogP contribution in [0.4, 0.5) is 0 Å². The first-order chi connectivity index (χ1) is 13.1. The van der Waals surface area contributed by atoms with E-state index >= 15 is 0 Å². The Hall–Kier alpha value is -2.45. The van der Waals surface area contributed by atoms with Crippen molar-refractivity contribution in [2.45, 2.75) is 37.9 Å². The maximum Gasteiger partial charge on any atom is 0.325 e. The molecule has 0 bridgehead atoms. The first-order valence-electron chi connectivity index (χ1n) is 9.10. The maximum atomic E-state index is 12.5. The number of methoxy groups -OCH3 is 1. The number of rotatable bonds is 11. The van der Waals surface area contributed by atoms with Crippen molar-refractivity contribution in [3.05, 3.63) is 35.9 Å². The Morgan fingerprint density at radius 2 is 1.93 bits per heavy atom. The van der Waals surface area contributed by atoms with Gasteiger partial charge >= 0.3 is 5.97 Å². The lowest BCUT2D eigenvalue weighted by Crippen LogP contribution is -2.50. The lowest BCUT2D eigenvalue weighted by molar-refractivity contribution is -0.143. The van der Waals surface area contributed by atoms with Crippen LogP contribution in [0.1, 0.15) is 18.9 Å². The zero-order chi connectivity index (χ0) is 19.6. The number of nitrogens with one attached hydrogen (secondary N) is 3. The van der Waals surface area contributed by atoms with Gasteiger partial charge in [-0.3, -0.25) is 19.7 Å². The highest BCUT2D eigenvalue weighted by Crippen LogP contribution is 2.14. The van der Waals surface area contributed by atoms with Gasteiger partial charge in [-0.15, -0.1) is 0 Å². The molecule has 27 heavy (non-hydrogen) atoms. The van der Waals surface area contributed by atoms with Crippen molar-refractivity contribution in [1.82, 2.24) is 16.0 Å². The van der Waals surface area contributed by atoms with E-state index in [1.807, 2.05) is 30.3 Å². The van der Waals surface area contributed by atoms with Gasteiger partial charge in [0, 0.05) is 26.7 Å². The molecule has 1 aliphatic heterocycles. The van der Waals surface area contributed by atoms with Gasteiger partial charge in [0.1, 0.15) is 18.1 Å². The van der Waals surface area contributed by atoms with Crippen molar-refractivity contribution in [1.29, 1.82) is 0 Å². The second kappa shape index (κ2) is 10.6. The van der Waals surface area contributed by atoms with Crippen molar-refractivity contribution in [2.24, 2.45) is 0 Å². The monoisotopic (exact) mass is 377 g/mol. The molecular weight excluding hydrogens is 350 g/mol.